The number of amides is 1. The third kappa shape index (κ3) is 2.23. The van der Waals surface area contributed by atoms with Crippen molar-refractivity contribution in [1.29, 1.82) is 5.26 Å². The van der Waals surface area contributed by atoms with Gasteiger partial charge in [0.1, 0.15) is 6.54 Å². The molecule has 1 aromatic carbocycles. The van der Waals surface area contributed by atoms with Crippen LogP contribution in [0.4, 0.5) is 10.5 Å². The molecule has 0 fully saturated rings. The second-order valence-corrected chi connectivity index (χ2v) is 2.87. The van der Waals surface area contributed by atoms with Crippen molar-refractivity contribution in [1.82, 2.24) is 0 Å². The lowest BCUT2D eigenvalue weighted by Crippen LogP contribution is -2.29. The number of carboxylic acid groups (broad SMARTS) is 1. The van der Waals surface area contributed by atoms with Gasteiger partial charge < -0.3 is 5.11 Å². The van der Waals surface area contributed by atoms with Gasteiger partial charge >= 0.3 is 6.09 Å². The van der Waals surface area contributed by atoms with Crippen LogP contribution in [0.25, 0.3) is 0 Å². The number of nitriles is 1. The van der Waals surface area contributed by atoms with Crippen molar-refractivity contribution in [3.8, 4) is 6.07 Å². The van der Waals surface area contributed by atoms with Crippen LogP contribution in [0.1, 0.15) is 5.56 Å². The zero-order valence-electron chi connectivity index (χ0n) is 7.77. The molecule has 0 aliphatic carbocycles. The summed E-state index contributed by atoms with van der Waals surface area (Å²) in [6, 6.07) is 8.84. The molecule has 1 amide bonds. The Hall–Kier alpha value is -2.02. The van der Waals surface area contributed by atoms with E-state index in [0.717, 1.165) is 10.5 Å². The van der Waals surface area contributed by atoms with Gasteiger partial charge in [-0.05, 0) is 24.6 Å². The molecule has 1 rings (SSSR count). The normalized spacial score (nSPS) is 9.14. The first-order valence-electron chi connectivity index (χ1n) is 4.09. The highest BCUT2D eigenvalue weighted by Crippen LogP contribution is 2.15. The average Bonchev–Trinajstić information content (AvgIpc) is 2.13. The van der Waals surface area contributed by atoms with E-state index in [9.17, 15) is 4.79 Å². The molecule has 1 aromatic rings. The fourth-order valence-corrected chi connectivity index (χ4v) is 1.14. The quantitative estimate of drug-likeness (QED) is 0.725. The van der Waals surface area contributed by atoms with Gasteiger partial charge in [0.15, 0.2) is 0 Å². The lowest BCUT2D eigenvalue weighted by Gasteiger charge is -2.15. The van der Waals surface area contributed by atoms with Crippen molar-refractivity contribution < 1.29 is 9.90 Å². The van der Waals surface area contributed by atoms with E-state index in [0.29, 0.717) is 5.69 Å². The molecule has 0 saturated heterocycles. The second kappa shape index (κ2) is 4.28. The van der Waals surface area contributed by atoms with Crippen molar-refractivity contribution >= 4 is 11.8 Å². The first-order chi connectivity index (χ1) is 6.65. The molecule has 0 atom stereocenters. The van der Waals surface area contributed by atoms with Crippen LogP contribution >= 0.6 is 0 Å². The molecular weight excluding hydrogens is 180 g/mol. The monoisotopic (exact) mass is 190 g/mol. The molecule has 1 N–H and O–H groups in total. The van der Waals surface area contributed by atoms with E-state index < -0.39 is 6.09 Å². The minimum Gasteiger partial charge on any atom is -0.465 e. The van der Waals surface area contributed by atoms with Crippen LogP contribution in [0.15, 0.2) is 24.3 Å². The Morgan fingerprint density at radius 1 is 1.64 bits per heavy atom. The molecule has 14 heavy (non-hydrogen) atoms. The zero-order valence-corrected chi connectivity index (χ0v) is 7.77. The molecule has 0 aromatic heterocycles. The molecule has 0 heterocycles. The van der Waals surface area contributed by atoms with E-state index in [-0.39, 0.29) is 6.54 Å². The van der Waals surface area contributed by atoms with Gasteiger partial charge in [0.2, 0.25) is 0 Å². The second-order valence-electron chi connectivity index (χ2n) is 2.87. The number of carbonyl (C=O) groups is 1. The minimum absolute atomic E-state index is 0.154. The molecule has 0 aliphatic rings. The van der Waals surface area contributed by atoms with Gasteiger partial charge in [0, 0.05) is 5.69 Å². The lowest BCUT2D eigenvalue weighted by atomic mass is 10.2. The summed E-state index contributed by atoms with van der Waals surface area (Å²) < 4.78 is 0. The summed E-state index contributed by atoms with van der Waals surface area (Å²) in [5.74, 6) is 0. The summed E-state index contributed by atoms with van der Waals surface area (Å²) in [6.45, 7) is 1.72. The van der Waals surface area contributed by atoms with E-state index in [1.807, 2.05) is 19.1 Å². The molecule has 4 nitrogen and oxygen atoms in total. The number of benzene rings is 1. The summed E-state index contributed by atoms with van der Waals surface area (Å²) in [5, 5.41) is 17.3. The molecule has 0 radical (unpaired) electrons. The van der Waals surface area contributed by atoms with Crippen LogP contribution < -0.4 is 4.90 Å². The Morgan fingerprint density at radius 2 is 2.36 bits per heavy atom. The number of hydrogen-bond acceptors (Lipinski definition) is 2. The molecule has 72 valence electrons. The van der Waals surface area contributed by atoms with Crippen LogP contribution in [0.5, 0.6) is 0 Å². The summed E-state index contributed by atoms with van der Waals surface area (Å²) in [7, 11) is 0. The van der Waals surface area contributed by atoms with Crippen molar-refractivity contribution in [2.24, 2.45) is 0 Å². The minimum atomic E-state index is -1.11. The highest BCUT2D eigenvalue weighted by molar-refractivity contribution is 5.86. The van der Waals surface area contributed by atoms with Gasteiger partial charge in [0.05, 0.1) is 6.07 Å². The smallest absolute Gasteiger partial charge is 0.412 e. The zero-order chi connectivity index (χ0) is 10.6. The Labute approximate surface area is 82.0 Å². The van der Waals surface area contributed by atoms with Crippen molar-refractivity contribution in [3.63, 3.8) is 0 Å². The molecule has 0 bridgehead atoms. The van der Waals surface area contributed by atoms with E-state index >= 15 is 0 Å². The van der Waals surface area contributed by atoms with Crippen LogP contribution in [-0.4, -0.2) is 17.7 Å². The van der Waals surface area contributed by atoms with Crippen LogP contribution in [0, 0.1) is 18.3 Å². The summed E-state index contributed by atoms with van der Waals surface area (Å²) >= 11 is 0. The topological polar surface area (TPSA) is 64.3 Å². The third-order valence-electron chi connectivity index (χ3n) is 1.77. The predicted molar refractivity (Wildman–Crippen MR) is 52.2 cm³/mol. The summed E-state index contributed by atoms with van der Waals surface area (Å²) in [5.41, 5.74) is 1.49. The van der Waals surface area contributed by atoms with E-state index in [2.05, 4.69) is 0 Å². The first-order valence-corrected chi connectivity index (χ1v) is 4.09. The Morgan fingerprint density at radius 3 is 2.86 bits per heavy atom. The average molecular weight is 190 g/mol. The van der Waals surface area contributed by atoms with Gasteiger partial charge in [-0.1, -0.05) is 12.1 Å². The van der Waals surface area contributed by atoms with Gasteiger partial charge in [-0.15, -0.1) is 0 Å². The van der Waals surface area contributed by atoms with Crippen molar-refractivity contribution in [3.05, 3.63) is 29.8 Å². The number of hydrogen-bond donors (Lipinski definition) is 1. The molecule has 0 aliphatic heterocycles. The molecule has 4 heteroatoms. The van der Waals surface area contributed by atoms with E-state index in [4.69, 9.17) is 10.4 Å². The van der Waals surface area contributed by atoms with E-state index in [1.54, 1.807) is 18.2 Å². The standard InChI is InChI=1S/C10H10N2O2/c1-8-3-2-4-9(7-8)12(6-5-11)10(13)14/h2-4,7H,6H2,1H3,(H,13,14). The fourth-order valence-electron chi connectivity index (χ4n) is 1.14. The van der Waals surface area contributed by atoms with Gasteiger partial charge in [-0.2, -0.15) is 5.26 Å². The van der Waals surface area contributed by atoms with Gasteiger partial charge in [0.25, 0.3) is 0 Å². The van der Waals surface area contributed by atoms with Gasteiger partial charge in [-0.3, -0.25) is 4.90 Å². The van der Waals surface area contributed by atoms with E-state index in [1.165, 1.54) is 0 Å². The maximum Gasteiger partial charge on any atom is 0.412 e. The largest absolute Gasteiger partial charge is 0.465 e. The van der Waals surface area contributed by atoms with Crippen LogP contribution in [0.3, 0.4) is 0 Å². The highest BCUT2D eigenvalue weighted by atomic mass is 16.4. The fraction of sp³-hybridized carbons (Fsp3) is 0.200. The predicted octanol–water partition coefficient (Wildman–Crippen LogP) is 2.00. The van der Waals surface area contributed by atoms with Gasteiger partial charge in [-0.25, -0.2) is 4.79 Å². The highest BCUT2D eigenvalue weighted by Gasteiger charge is 2.12. The number of anilines is 1. The molecular formula is C10H10N2O2. The van der Waals surface area contributed by atoms with Crippen molar-refractivity contribution in [2.75, 3.05) is 11.4 Å². The number of aryl methyl sites for hydroxylation is 1. The molecule has 0 spiro atoms. The summed E-state index contributed by atoms with van der Waals surface area (Å²) in [6.07, 6.45) is -1.11. The Bertz CT molecular complexity index is 382. The Balaban J connectivity index is 3.00. The SMILES string of the molecule is Cc1cccc(N(CC#N)C(=O)O)c1. The van der Waals surface area contributed by atoms with Crippen LogP contribution in [-0.2, 0) is 0 Å². The number of rotatable bonds is 2. The Kier molecular flexibility index (Phi) is 3.08. The maximum absolute atomic E-state index is 10.8. The molecule has 0 saturated carbocycles. The number of nitrogens with zero attached hydrogens (tertiary/aromatic N) is 2. The summed E-state index contributed by atoms with van der Waals surface area (Å²) in [4.78, 5) is 11.8. The first kappa shape index (κ1) is 10.1. The van der Waals surface area contributed by atoms with Crippen LogP contribution in [0.2, 0.25) is 0 Å². The third-order valence-corrected chi connectivity index (χ3v) is 1.77. The molecule has 0 unspecified atom stereocenters. The maximum atomic E-state index is 10.8. The lowest BCUT2D eigenvalue weighted by molar-refractivity contribution is 0.202. The van der Waals surface area contributed by atoms with Crippen molar-refractivity contribution in [2.45, 2.75) is 6.92 Å².